The van der Waals surface area contributed by atoms with Crippen molar-refractivity contribution < 1.29 is 9.90 Å². The molecule has 18 heavy (non-hydrogen) atoms. The Bertz CT molecular complexity index is 298. The van der Waals surface area contributed by atoms with Gasteiger partial charge in [0.2, 0.25) is 5.91 Å². The fraction of sp³-hybridized carbons (Fsp3) is 0.929. The second kappa shape index (κ2) is 5.57. The maximum absolute atomic E-state index is 12.5. The molecule has 104 valence electrons. The summed E-state index contributed by atoms with van der Waals surface area (Å²) >= 11 is 0. The Kier molecular flexibility index (Phi) is 4.28. The van der Waals surface area contributed by atoms with E-state index in [4.69, 9.17) is 5.11 Å². The number of piperazine rings is 1. The predicted molar refractivity (Wildman–Crippen MR) is 71.3 cm³/mol. The van der Waals surface area contributed by atoms with E-state index in [0.717, 1.165) is 19.4 Å². The van der Waals surface area contributed by atoms with Gasteiger partial charge in [-0.25, -0.2) is 0 Å². The van der Waals surface area contributed by atoms with Crippen molar-refractivity contribution in [1.82, 2.24) is 10.2 Å². The van der Waals surface area contributed by atoms with Crippen molar-refractivity contribution in [2.24, 2.45) is 0 Å². The van der Waals surface area contributed by atoms with Gasteiger partial charge in [-0.05, 0) is 33.1 Å². The number of carbonyl (C=O) groups is 1. The summed E-state index contributed by atoms with van der Waals surface area (Å²) in [4.78, 5) is 14.5. The van der Waals surface area contributed by atoms with Crippen LogP contribution in [0, 0.1) is 0 Å². The lowest BCUT2D eigenvalue weighted by Crippen LogP contribution is -2.67. The smallest absolute Gasteiger partial charge is 0.240 e. The lowest BCUT2D eigenvalue weighted by atomic mass is 9.89. The molecule has 1 unspecified atom stereocenters. The Balaban J connectivity index is 2.09. The molecule has 1 heterocycles. The molecule has 0 aromatic heterocycles. The van der Waals surface area contributed by atoms with Crippen LogP contribution in [0.4, 0.5) is 0 Å². The summed E-state index contributed by atoms with van der Waals surface area (Å²) < 4.78 is 0. The van der Waals surface area contributed by atoms with Crippen LogP contribution in [0.25, 0.3) is 0 Å². The van der Waals surface area contributed by atoms with E-state index in [1.165, 1.54) is 19.3 Å². The lowest BCUT2D eigenvalue weighted by Gasteiger charge is -2.47. The monoisotopic (exact) mass is 254 g/mol. The third kappa shape index (κ3) is 3.04. The van der Waals surface area contributed by atoms with E-state index in [0.29, 0.717) is 12.5 Å². The van der Waals surface area contributed by atoms with Gasteiger partial charge in [-0.1, -0.05) is 19.3 Å². The number of carbonyl (C=O) groups excluding carboxylic acids is 1. The van der Waals surface area contributed by atoms with Crippen LogP contribution < -0.4 is 5.32 Å². The van der Waals surface area contributed by atoms with Crippen LogP contribution in [0.5, 0.6) is 0 Å². The van der Waals surface area contributed by atoms with Crippen molar-refractivity contribution in [2.45, 2.75) is 70.0 Å². The summed E-state index contributed by atoms with van der Waals surface area (Å²) in [6.45, 7) is 5.13. The molecule has 2 fully saturated rings. The number of nitrogens with one attached hydrogen (secondary N) is 1. The molecule has 0 spiro atoms. The van der Waals surface area contributed by atoms with Crippen molar-refractivity contribution >= 4 is 5.91 Å². The van der Waals surface area contributed by atoms with Crippen molar-refractivity contribution in [3.63, 3.8) is 0 Å². The lowest BCUT2D eigenvalue weighted by molar-refractivity contribution is -0.142. The molecule has 1 atom stereocenters. The molecule has 1 saturated heterocycles. The molecule has 0 radical (unpaired) electrons. The summed E-state index contributed by atoms with van der Waals surface area (Å²) in [6, 6.07) is 0.217. The van der Waals surface area contributed by atoms with Crippen molar-refractivity contribution in [3.05, 3.63) is 0 Å². The van der Waals surface area contributed by atoms with Crippen LogP contribution in [0.3, 0.4) is 0 Å². The molecule has 1 aliphatic heterocycles. The third-order valence-electron chi connectivity index (χ3n) is 4.15. The molecule has 1 aliphatic carbocycles. The second-order valence-corrected chi connectivity index (χ2v) is 6.35. The topological polar surface area (TPSA) is 52.6 Å². The molecule has 0 aromatic carbocycles. The van der Waals surface area contributed by atoms with E-state index in [-0.39, 0.29) is 24.1 Å². The Morgan fingerprint density at radius 3 is 2.61 bits per heavy atom. The number of rotatable bonds is 3. The van der Waals surface area contributed by atoms with Crippen molar-refractivity contribution in [1.29, 1.82) is 0 Å². The van der Waals surface area contributed by atoms with E-state index in [1.54, 1.807) is 0 Å². The highest BCUT2D eigenvalue weighted by molar-refractivity contribution is 5.83. The molecular formula is C14H26N2O2. The fourth-order valence-corrected chi connectivity index (χ4v) is 3.31. The van der Waals surface area contributed by atoms with Gasteiger partial charge in [-0.15, -0.1) is 0 Å². The summed E-state index contributed by atoms with van der Waals surface area (Å²) in [7, 11) is 0. The van der Waals surface area contributed by atoms with Gasteiger partial charge in [0.25, 0.3) is 0 Å². The highest BCUT2D eigenvalue weighted by Crippen LogP contribution is 2.27. The van der Waals surface area contributed by atoms with Crippen LogP contribution >= 0.6 is 0 Å². The highest BCUT2D eigenvalue weighted by atomic mass is 16.3. The first kappa shape index (κ1) is 13.8. The molecule has 4 nitrogen and oxygen atoms in total. The van der Waals surface area contributed by atoms with Crippen LogP contribution in [-0.2, 0) is 4.79 Å². The summed E-state index contributed by atoms with van der Waals surface area (Å²) in [6.07, 6.45) is 6.60. The molecule has 2 aliphatic rings. The standard InChI is InChI=1S/C14H26N2O2/c1-14(2)10-16(11-6-4-3-5-7-11)13(18)12(15-14)8-9-17/h11-12,15,17H,3-10H2,1-2H3. The molecule has 2 N–H and O–H groups in total. The number of hydrogen-bond donors (Lipinski definition) is 2. The van der Waals surface area contributed by atoms with E-state index in [2.05, 4.69) is 24.1 Å². The van der Waals surface area contributed by atoms with Gasteiger partial charge in [0.15, 0.2) is 0 Å². The Labute approximate surface area is 110 Å². The number of aliphatic hydroxyl groups excluding tert-OH is 1. The fourth-order valence-electron chi connectivity index (χ4n) is 3.31. The van der Waals surface area contributed by atoms with E-state index >= 15 is 0 Å². The number of aliphatic hydroxyl groups is 1. The Morgan fingerprint density at radius 1 is 1.33 bits per heavy atom. The molecule has 0 aromatic rings. The number of hydrogen-bond acceptors (Lipinski definition) is 3. The van der Waals surface area contributed by atoms with E-state index in [9.17, 15) is 4.79 Å². The number of nitrogens with zero attached hydrogens (tertiary/aromatic N) is 1. The third-order valence-corrected chi connectivity index (χ3v) is 4.15. The minimum Gasteiger partial charge on any atom is -0.396 e. The zero-order chi connectivity index (χ0) is 13.2. The first-order chi connectivity index (χ1) is 8.53. The highest BCUT2D eigenvalue weighted by Gasteiger charge is 2.40. The van der Waals surface area contributed by atoms with Crippen LogP contribution in [0.1, 0.15) is 52.4 Å². The maximum Gasteiger partial charge on any atom is 0.240 e. The maximum atomic E-state index is 12.5. The molecular weight excluding hydrogens is 228 g/mol. The summed E-state index contributed by atoms with van der Waals surface area (Å²) in [5.41, 5.74) is -0.0504. The second-order valence-electron chi connectivity index (χ2n) is 6.35. The van der Waals surface area contributed by atoms with Gasteiger partial charge < -0.3 is 10.0 Å². The molecule has 2 rings (SSSR count). The van der Waals surface area contributed by atoms with Crippen molar-refractivity contribution in [2.75, 3.05) is 13.2 Å². The minimum atomic E-state index is -0.208. The molecule has 1 saturated carbocycles. The van der Waals surface area contributed by atoms with Crippen LogP contribution in [-0.4, -0.2) is 46.7 Å². The van der Waals surface area contributed by atoms with Crippen LogP contribution in [0.15, 0.2) is 0 Å². The minimum absolute atomic E-state index is 0.0504. The molecule has 4 heteroatoms. The van der Waals surface area contributed by atoms with Gasteiger partial charge in [-0.3, -0.25) is 10.1 Å². The van der Waals surface area contributed by atoms with Gasteiger partial charge in [0, 0.05) is 24.7 Å². The van der Waals surface area contributed by atoms with E-state index in [1.807, 2.05) is 0 Å². The summed E-state index contributed by atoms with van der Waals surface area (Å²) in [5.74, 6) is 0.190. The Hall–Kier alpha value is -0.610. The SMILES string of the molecule is CC1(C)CN(C2CCCCC2)C(=O)C(CCO)N1. The predicted octanol–water partition coefficient (Wildman–Crippen LogP) is 1.28. The first-order valence-corrected chi connectivity index (χ1v) is 7.22. The van der Waals surface area contributed by atoms with Gasteiger partial charge in [0.05, 0.1) is 6.04 Å². The van der Waals surface area contributed by atoms with Crippen LogP contribution in [0.2, 0.25) is 0 Å². The molecule has 0 bridgehead atoms. The first-order valence-electron chi connectivity index (χ1n) is 7.22. The average Bonchev–Trinajstić information content (AvgIpc) is 2.34. The van der Waals surface area contributed by atoms with Gasteiger partial charge in [0.1, 0.15) is 0 Å². The Morgan fingerprint density at radius 2 is 2.00 bits per heavy atom. The van der Waals surface area contributed by atoms with Crippen molar-refractivity contribution in [3.8, 4) is 0 Å². The van der Waals surface area contributed by atoms with E-state index < -0.39 is 0 Å². The zero-order valence-corrected chi connectivity index (χ0v) is 11.6. The van der Waals surface area contributed by atoms with Gasteiger partial charge >= 0.3 is 0 Å². The molecule has 1 amide bonds. The zero-order valence-electron chi connectivity index (χ0n) is 11.6. The average molecular weight is 254 g/mol. The normalized spacial score (nSPS) is 29.6. The largest absolute Gasteiger partial charge is 0.396 e. The quantitative estimate of drug-likeness (QED) is 0.798. The number of amides is 1. The van der Waals surface area contributed by atoms with Gasteiger partial charge in [-0.2, -0.15) is 0 Å². The summed E-state index contributed by atoms with van der Waals surface area (Å²) in [5, 5.41) is 12.5.